The average molecular weight is 343 g/mol. The monoisotopic (exact) mass is 343 g/mol. The number of hydrogen-bond acceptors (Lipinski definition) is 4. The van der Waals surface area contributed by atoms with Gasteiger partial charge in [-0.15, -0.1) is 0 Å². The summed E-state index contributed by atoms with van der Waals surface area (Å²) < 4.78 is 0. The van der Waals surface area contributed by atoms with E-state index in [0.717, 1.165) is 0 Å². The molecule has 127 valence electrons. The Morgan fingerprint density at radius 1 is 0.480 bits per heavy atom. The van der Waals surface area contributed by atoms with Gasteiger partial charge in [0.25, 0.3) is 0 Å². The van der Waals surface area contributed by atoms with Crippen molar-refractivity contribution in [3.63, 3.8) is 0 Å². The fourth-order valence-electron chi connectivity index (χ4n) is 1.71. The zero-order valence-corrected chi connectivity index (χ0v) is 12.6. The first-order valence-corrected chi connectivity index (χ1v) is 6.37. The van der Waals surface area contributed by atoms with Crippen LogP contribution in [0.2, 0.25) is 0 Å². The minimum atomic E-state index is -1.23. The van der Waals surface area contributed by atoms with Gasteiger partial charge in [-0.25, -0.2) is 19.2 Å². The van der Waals surface area contributed by atoms with E-state index in [0.29, 0.717) is 0 Å². The number of carbonyl (C=O) groups is 4. The molecule has 0 aliphatic carbocycles. The van der Waals surface area contributed by atoms with Gasteiger partial charge in [-0.1, -0.05) is 24.3 Å². The zero-order valence-electron chi connectivity index (χ0n) is 12.6. The Kier molecular flexibility index (Phi) is 8.13. The quantitative estimate of drug-likeness (QED) is 0.614. The van der Waals surface area contributed by atoms with Gasteiger partial charge in [-0.3, -0.25) is 0 Å². The average Bonchev–Trinajstić information content (AvgIpc) is 2.55. The first-order valence-electron chi connectivity index (χ1n) is 6.37. The molecule has 0 saturated heterocycles. The van der Waals surface area contributed by atoms with E-state index in [1.807, 2.05) is 0 Å². The molecule has 0 atom stereocenters. The van der Waals surface area contributed by atoms with Crippen LogP contribution in [0.3, 0.4) is 0 Å². The van der Waals surface area contributed by atoms with Crippen LogP contribution in [0.4, 0.5) is 0 Å². The summed E-state index contributed by atoms with van der Waals surface area (Å²) in [6.07, 6.45) is 0. The minimum absolute atomic E-state index is 0. The van der Waals surface area contributed by atoms with E-state index in [1.165, 1.54) is 48.5 Å². The highest BCUT2D eigenvalue weighted by Gasteiger charge is 2.14. The molecule has 4 N–H and O–H groups in total. The molecule has 0 bridgehead atoms. The minimum Gasteiger partial charge on any atom is -0.478 e. The Morgan fingerprint density at radius 2 is 0.640 bits per heavy atom. The van der Waals surface area contributed by atoms with E-state index in [-0.39, 0.29) is 30.7 Å². The van der Waals surface area contributed by atoms with E-state index in [4.69, 9.17) is 20.4 Å². The number of rotatable bonds is 4. The summed E-state index contributed by atoms with van der Waals surface area (Å²) in [5.41, 5.74) is -0.759. The fourth-order valence-corrected chi connectivity index (χ4v) is 1.71. The van der Waals surface area contributed by atoms with E-state index in [1.54, 1.807) is 0 Å². The number of carboxylic acids is 4. The van der Waals surface area contributed by atoms with Crippen LogP contribution in [-0.2, 0) is 0 Å². The van der Waals surface area contributed by atoms with E-state index < -0.39 is 23.9 Å². The third-order valence-corrected chi connectivity index (χ3v) is 2.78. The topological polar surface area (TPSA) is 149 Å². The van der Waals surface area contributed by atoms with Crippen molar-refractivity contribution in [1.82, 2.24) is 0 Å². The van der Waals surface area contributed by atoms with Gasteiger partial charge < -0.3 is 20.4 Å². The molecule has 0 spiro atoms. The van der Waals surface area contributed by atoms with Crippen molar-refractivity contribution in [2.45, 2.75) is 0 Å². The molecule has 8 nitrogen and oxygen atoms in total. The molecule has 25 heavy (non-hydrogen) atoms. The van der Waals surface area contributed by atoms with Gasteiger partial charge in [0.2, 0.25) is 0 Å². The maximum Gasteiger partial charge on any atom is 0.336 e. The summed E-state index contributed by atoms with van der Waals surface area (Å²) >= 11 is 0. The van der Waals surface area contributed by atoms with E-state index >= 15 is 0 Å². The van der Waals surface area contributed by atoms with Crippen LogP contribution in [0, 0.1) is 0 Å². The summed E-state index contributed by atoms with van der Waals surface area (Å²) in [5, 5.41) is 34.2. The highest BCUT2D eigenvalue weighted by atomic mass is 16.4. The molecule has 0 unspecified atom stereocenters. The summed E-state index contributed by atoms with van der Waals surface area (Å²) in [4.78, 5) is 41.9. The van der Waals surface area contributed by atoms with E-state index in [2.05, 4.69) is 0 Å². The molecule has 0 saturated carbocycles. The first kappa shape index (κ1) is 21.4. The zero-order chi connectivity index (χ0) is 18.3. The van der Waals surface area contributed by atoms with Crippen molar-refractivity contribution in [3.8, 4) is 0 Å². The van der Waals surface area contributed by atoms with Crippen molar-refractivity contribution in [2.24, 2.45) is 0 Å². The smallest absolute Gasteiger partial charge is 0.336 e. The Hall–Kier alpha value is -3.62. The predicted octanol–water partition coefficient (Wildman–Crippen LogP) is 1.79. The third kappa shape index (κ3) is 5.83. The second-order valence-electron chi connectivity index (χ2n) is 4.31. The Labute approximate surface area is 143 Å². The van der Waals surface area contributed by atoms with Crippen molar-refractivity contribution in [1.29, 1.82) is 0 Å². The van der Waals surface area contributed by atoms with E-state index in [9.17, 15) is 19.2 Å². The molecule has 2 aromatic rings. The lowest BCUT2D eigenvalue weighted by Crippen LogP contribution is -2.06. The molecule has 0 fully saturated rings. The molecule has 0 aromatic heterocycles. The Morgan fingerprint density at radius 3 is 0.760 bits per heavy atom. The van der Waals surface area contributed by atoms with Crippen LogP contribution in [0.25, 0.3) is 0 Å². The second kappa shape index (κ2) is 9.51. The molecule has 0 aliphatic rings. The number of aromatic carboxylic acids is 4. The molecular formula is C16H12BO8. The maximum atomic E-state index is 10.5. The van der Waals surface area contributed by atoms with Crippen LogP contribution in [0.15, 0.2) is 48.5 Å². The second-order valence-corrected chi connectivity index (χ2v) is 4.31. The van der Waals surface area contributed by atoms with Gasteiger partial charge in [0, 0.05) is 8.41 Å². The largest absolute Gasteiger partial charge is 0.478 e. The molecule has 3 radical (unpaired) electrons. The van der Waals surface area contributed by atoms with Gasteiger partial charge in [-0.2, -0.15) is 0 Å². The first-order chi connectivity index (χ1) is 11.3. The van der Waals surface area contributed by atoms with Gasteiger partial charge in [0.15, 0.2) is 0 Å². The van der Waals surface area contributed by atoms with Gasteiger partial charge in [-0.05, 0) is 24.3 Å². The standard InChI is InChI=1S/2C8H6O4.B/c2*9-7(10)5-3-1-2-4-6(5)8(11)12;/h2*1-4H,(H,9,10)(H,11,12);. The third-order valence-electron chi connectivity index (χ3n) is 2.78. The lowest BCUT2D eigenvalue weighted by atomic mass is 10.1. The van der Waals surface area contributed by atoms with Gasteiger partial charge >= 0.3 is 23.9 Å². The van der Waals surface area contributed by atoms with Crippen molar-refractivity contribution in [2.75, 3.05) is 0 Å². The van der Waals surface area contributed by atoms with Crippen LogP contribution in [0.5, 0.6) is 0 Å². The molecule has 9 heteroatoms. The van der Waals surface area contributed by atoms with Gasteiger partial charge in [0.1, 0.15) is 0 Å². The molecule has 0 amide bonds. The highest BCUT2D eigenvalue weighted by molar-refractivity contribution is 6.02. The van der Waals surface area contributed by atoms with Crippen LogP contribution < -0.4 is 0 Å². The molecule has 2 rings (SSSR count). The summed E-state index contributed by atoms with van der Waals surface area (Å²) in [6.45, 7) is 0. The number of carboxylic acid groups (broad SMARTS) is 4. The number of hydrogen-bond donors (Lipinski definition) is 4. The van der Waals surface area contributed by atoms with Crippen LogP contribution in [-0.4, -0.2) is 52.7 Å². The van der Waals surface area contributed by atoms with Crippen molar-refractivity contribution in [3.05, 3.63) is 70.8 Å². The predicted molar refractivity (Wildman–Crippen MR) is 86.5 cm³/mol. The lowest BCUT2D eigenvalue weighted by molar-refractivity contribution is 0.0651. The summed E-state index contributed by atoms with van der Waals surface area (Å²) in [6, 6.07) is 11.0. The van der Waals surface area contributed by atoms with Crippen molar-refractivity contribution < 1.29 is 39.6 Å². The SMILES string of the molecule is O=C(O)c1ccccc1C(=O)O.O=C(O)c1ccccc1C(=O)O.[B]. The summed E-state index contributed by atoms with van der Waals surface area (Å²) in [5.74, 6) is -4.91. The molecule has 0 aliphatic heterocycles. The van der Waals surface area contributed by atoms with Gasteiger partial charge in [0.05, 0.1) is 22.3 Å². The van der Waals surface area contributed by atoms with Crippen LogP contribution >= 0.6 is 0 Å². The fraction of sp³-hybridized carbons (Fsp3) is 0. The maximum absolute atomic E-state index is 10.5. The summed E-state index contributed by atoms with van der Waals surface area (Å²) in [7, 11) is 0. The Balaban J connectivity index is 0.000000443. The Bertz CT molecular complexity index is 667. The molecular weight excluding hydrogens is 331 g/mol. The molecule has 2 aromatic carbocycles. The molecule has 0 heterocycles. The highest BCUT2D eigenvalue weighted by Crippen LogP contribution is 2.08. The van der Waals surface area contributed by atoms with Crippen LogP contribution in [0.1, 0.15) is 41.4 Å². The van der Waals surface area contributed by atoms with Crippen molar-refractivity contribution >= 4 is 32.3 Å². The number of benzene rings is 2. The lowest BCUT2D eigenvalue weighted by Gasteiger charge is -1.98. The normalized spacial score (nSPS) is 8.96.